The topological polar surface area (TPSA) is 61.2 Å². The average Bonchev–Trinajstić information content (AvgIpc) is 3.16. The second-order valence-corrected chi connectivity index (χ2v) is 9.80. The number of aryl methyl sites for hydroxylation is 2. The molecule has 0 N–H and O–H groups in total. The predicted molar refractivity (Wildman–Crippen MR) is 122 cm³/mol. The fourth-order valence-electron chi connectivity index (χ4n) is 5.32. The van der Waals surface area contributed by atoms with Crippen LogP contribution in [-0.4, -0.2) is 11.7 Å². The number of allylic oxidation sites excluding steroid dienone is 2. The molecule has 2 heterocycles. The Bertz CT molecular complexity index is 1130. The van der Waals surface area contributed by atoms with Crippen molar-refractivity contribution in [3.63, 3.8) is 0 Å². The van der Waals surface area contributed by atoms with Crippen LogP contribution >= 0.6 is 11.3 Å². The standard InChI is InChI=1S/C26H26N2O2S/c1-2-16-10-12-17(13-11-16)19-14-24(30)28(21-7-5-8-22(29)25(19)21)26-20(15-27)18-6-3-4-9-23(18)31-26/h10-13,19H,2-9,14H2,1H3. The summed E-state index contributed by atoms with van der Waals surface area (Å²) < 4.78 is 0. The minimum absolute atomic E-state index is 0.00751. The molecule has 0 fully saturated rings. The Labute approximate surface area is 187 Å². The molecule has 1 aromatic heterocycles. The van der Waals surface area contributed by atoms with E-state index in [0.717, 1.165) is 65.9 Å². The van der Waals surface area contributed by atoms with E-state index >= 15 is 0 Å². The van der Waals surface area contributed by atoms with Crippen LogP contribution in [0, 0.1) is 11.3 Å². The summed E-state index contributed by atoms with van der Waals surface area (Å²) in [5.41, 5.74) is 5.71. The number of nitriles is 1. The first-order chi connectivity index (χ1) is 15.1. The van der Waals surface area contributed by atoms with Crippen molar-refractivity contribution in [1.29, 1.82) is 5.26 Å². The third-order valence-corrected chi connectivity index (χ3v) is 8.21. The lowest BCUT2D eigenvalue weighted by Gasteiger charge is -2.37. The van der Waals surface area contributed by atoms with Gasteiger partial charge in [-0.15, -0.1) is 11.3 Å². The number of benzene rings is 1. The molecule has 3 aliphatic rings. The van der Waals surface area contributed by atoms with Crippen molar-refractivity contribution >= 4 is 28.0 Å². The zero-order valence-corrected chi connectivity index (χ0v) is 18.7. The summed E-state index contributed by atoms with van der Waals surface area (Å²) in [6.45, 7) is 2.12. The van der Waals surface area contributed by atoms with E-state index in [4.69, 9.17) is 0 Å². The Hall–Kier alpha value is -2.71. The van der Waals surface area contributed by atoms with Crippen LogP contribution in [0.1, 0.15) is 78.5 Å². The van der Waals surface area contributed by atoms with Gasteiger partial charge in [-0.05, 0) is 61.6 Å². The number of Topliss-reactive ketones (excluding diaryl/α,β-unsaturated/α-hetero) is 1. The molecule has 2 aliphatic carbocycles. The van der Waals surface area contributed by atoms with E-state index < -0.39 is 0 Å². The van der Waals surface area contributed by atoms with Crippen LogP contribution in [0.2, 0.25) is 0 Å². The SMILES string of the molecule is CCc1ccc(C2CC(=O)N(c3sc4c(c3C#N)CCCC4)C3=C2C(=O)CCC3)cc1. The molecule has 31 heavy (non-hydrogen) atoms. The van der Waals surface area contributed by atoms with Crippen molar-refractivity contribution in [3.05, 3.63) is 62.7 Å². The van der Waals surface area contributed by atoms with Gasteiger partial charge in [0.1, 0.15) is 11.1 Å². The highest BCUT2D eigenvalue weighted by atomic mass is 32.1. The van der Waals surface area contributed by atoms with Gasteiger partial charge in [0.25, 0.3) is 0 Å². The highest BCUT2D eigenvalue weighted by Gasteiger charge is 2.41. The summed E-state index contributed by atoms with van der Waals surface area (Å²) in [4.78, 5) is 29.6. The molecule has 5 heteroatoms. The summed E-state index contributed by atoms with van der Waals surface area (Å²) in [7, 11) is 0. The lowest BCUT2D eigenvalue weighted by molar-refractivity contribution is -0.119. The number of thiophene rings is 1. The maximum Gasteiger partial charge on any atom is 0.232 e. The highest BCUT2D eigenvalue weighted by molar-refractivity contribution is 7.16. The second kappa shape index (κ2) is 8.09. The van der Waals surface area contributed by atoms with E-state index in [1.165, 1.54) is 10.4 Å². The van der Waals surface area contributed by atoms with Gasteiger partial charge >= 0.3 is 0 Å². The van der Waals surface area contributed by atoms with Crippen molar-refractivity contribution in [3.8, 4) is 6.07 Å². The van der Waals surface area contributed by atoms with Crippen LogP contribution in [-0.2, 0) is 28.9 Å². The molecule has 1 aromatic carbocycles. The molecular weight excluding hydrogens is 404 g/mol. The van der Waals surface area contributed by atoms with Crippen LogP contribution in [0.4, 0.5) is 5.00 Å². The predicted octanol–water partition coefficient (Wildman–Crippen LogP) is 5.59. The van der Waals surface area contributed by atoms with Gasteiger partial charge in [-0.25, -0.2) is 0 Å². The average molecular weight is 431 g/mol. The quantitative estimate of drug-likeness (QED) is 0.638. The number of carbonyl (C=O) groups excluding carboxylic acids is 2. The number of hydrogen-bond donors (Lipinski definition) is 0. The Kier molecular flexibility index (Phi) is 5.27. The summed E-state index contributed by atoms with van der Waals surface area (Å²) in [6, 6.07) is 10.7. The lowest BCUT2D eigenvalue weighted by atomic mass is 9.77. The molecule has 0 radical (unpaired) electrons. The Balaban J connectivity index is 1.64. The first kappa shape index (κ1) is 20.2. The fourth-order valence-corrected chi connectivity index (χ4v) is 6.70. The van der Waals surface area contributed by atoms with E-state index in [-0.39, 0.29) is 24.0 Å². The molecule has 1 aliphatic heterocycles. The first-order valence-electron chi connectivity index (χ1n) is 11.3. The van der Waals surface area contributed by atoms with E-state index in [1.54, 1.807) is 16.2 Å². The summed E-state index contributed by atoms with van der Waals surface area (Å²) >= 11 is 1.59. The van der Waals surface area contributed by atoms with Crippen molar-refractivity contribution < 1.29 is 9.59 Å². The van der Waals surface area contributed by atoms with E-state index in [2.05, 4.69) is 37.3 Å². The number of fused-ring (bicyclic) bond motifs is 1. The van der Waals surface area contributed by atoms with Gasteiger partial charge in [0.2, 0.25) is 5.91 Å². The number of anilines is 1. The lowest BCUT2D eigenvalue weighted by Crippen LogP contribution is -2.40. The molecule has 0 saturated heterocycles. The molecule has 1 atom stereocenters. The maximum atomic E-state index is 13.5. The summed E-state index contributed by atoms with van der Waals surface area (Å²) in [5, 5.41) is 10.7. The fraction of sp³-hybridized carbons (Fsp3) is 0.423. The minimum Gasteiger partial charge on any atom is -0.294 e. The zero-order valence-electron chi connectivity index (χ0n) is 17.9. The summed E-state index contributed by atoms with van der Waals surface area (Å²) in [6.07, 6.45) is 7.37. The maximum absolute atomic E-state index is 13.5. The first-order valence-corrected chi connectivity index (χ1v) is 12.2. The smallest absolute Gasteiger partial charge is 0.232 e. The number of ketones is 1. The Morgan fingerprint density at radius 2 is 1.84 bits per heavy atom. The second-order valence-electron chi connectivity index (χ2n) is 8.72. The number of hydrogen-bond acceptors (Lipinski definition) is 4. The van der Waals surface area contributed by atoms with Crippen molar-refractivity contribution in [2.24, 2.45) is 0 Å². The van der Waals surface area contributed by atoms with Gasteiger partial charge in [-0.1, -0.05) is 31.2 Å². The highest BCUT2D eigenvalue weighted by Crippen LogP contribution is 2.48. The number of rotatable bonds is 3. The molecule has 0 saturated carbocycles. The van der Waals surface area contributed by atoms with Gasteiger partial charge in [0, 0.05) is 34.9 Å². The molecule has 158 valence electrons. The summed E-state index contributed by atoms with van der Waals surface area (Å²) in [5.74, 6) is -0.0196. The number of amides is 1. The van der Waals surface area contributed by atoms with Gasteiger partial charge in [-0.2, -0.15) is 5.26 Å². The molecular formula is C26H26N2O2S. The third kappa shape index (κ3) is 3.34. The third-order valence-electron chi connectivity index (χ3n) is 6.93. The molecule has 4 nitrogen and oxygen atoms in total. The van der Waals surface area contributed by atoms with Gasteiger partial charge in [0.15, 0.2) is 5.78 Å². The monoisotopic (exact) mass is 430 g/mol. The molecule has 5 rings (SSSR count). The van der Waals surface area contributed by atoms with Crippen molar-refractivity contribution in [2.45, 2.75) is 70.6 Å². The molecule has 1 unspecified atom stereocenters. The van der Waals surface area contributed by atoms with Crippen LogP contribution in [0.15, 0.2) is 35.5 Å². The van der Waals surface area contributed by atoms with Crippen LogP contribution in [0.3, 0.4) is 0 Å². The van der Waals surface area contributed by atoms with Crippen molar-refractivity contribution in [1.82, 2.24) is 0 Å². The molecule has 1 amide bonds. The normalized spacial score (nSPS) is 21.0. The number of carbonyl (C=O) groups is 2. The zero-order chi connectivity index (χ0) is 21.5. The van der Waals surface area contributed by atoms with Crippen LogP contribution < -0.4 is 4.90 Å². The molecule has 0 bridgehead atoms. The van der Waals surface area contributed by atoms with Crippen LogP contribution in [0.25, 0.3) is 0 Å². The Morgan fingerprint density at radius 1 is 1.06 bits per heavy atom. The molecule has 0 spiro atoms. The van der Waals surface area contributed by atoms with E-state index in [9.17, 15) is 14.9 Å². The van der Waals surface area contributed by atoms with Gasteiger partial charge < -0.3 is 0 Å². The van der Waals surface area contributed by atoms with Gasteiger partial charge in [0.05, 0.1) is 5.56 Å². The largest absolute Gasteiger partial charge is 0.294 e. The Morgan fingerprint density at radius 3 is 2.58 bits per heavy atom. The van der Waals surface area contributed by atoms with Gasteiger partial charge in [-0.3, -0.25) is 14.5 Å². The number of nitrogens with zero attached hydrogens (tertiary/aromatic N) is 2. The van der Waals surface area contributed by atoms with Crippen molar-refractivity contribution in [2.75, 3.05) is 4.90 Å². The molecule has 2 aromatic rings. The van der Waals surface area contributed by atoms with E-state index in [0.29, 0.717) is 18.4 Å². The minimum atomic E-state index is -0.183. The van der Waals surface area contributed by atoms with Crippen LogP contribution in [0.5, 0.6) is 0 Å². The van der Waals surface area contributed by atoms with E-state index in [1.807, 2.05) is 0 Å².